The van der Waals surface area contributed by atoms with Crippen LogP contribution in [-0.2, 0) is 9.53 Å². The third kappa shape index (κ3) is 4.94. The summed E-state index contributed by atoms with van der Waals surface area (Å²) in [5.74, 6) is 0.192. The quantitative estimate of drug-likeness (QED) is 0.662. The normalized spacial score (nSPS) is 13.6. The van der Waals surface area contributed by atoms with Crippen LogP contribution in [0.2, 0.25) is 0 Å². The van der Waals surface area contributed by atoms with Crippen molar-refractivity contribution in [2.45, 2.75) is 45.6 Å². The van der Waals surface area contributed by atoms with Crippen molar-refractivity contribution >= 4 is 5.91 Å². The Morgan fingerprint density at radius 2 is 2.00 bits per heavy atom. The topological polar surface area (TPSA) is 58.6 Å². The number of methoxy groups -OCH3 is 1. The number of carbonyl (C=O) groups excluding carboxylic acids is 1. The molecule has 4 nitrogen and oxygen atoms in total. The van der Waals surface area contributed by atoms with Gasteiger partial charge in [0.1, 0.15) is 0 Å². The van der Waals surface area contributed by atoms with Crippen molar-refractivity contribution in [1.82, 2.24) is 5.32 Å². The zero-order valence-corrected chi connectivity index (χ0v) is 10.9. The summed E-state index contributed by atoms with van der Waals surface area (Å²) in [6.45, 7) is 6.49. The number of hydrogen-bond donors (Lipinski definition) is 2. The molecule has 16 heavy (non-hydrogen) atoms. The van der Waals surface area contributed by atoms with E-state index in [1.165, 1.54) is 0 Å². The Morgan fingerprint density at radius 3 is 2.38 bits per heavy atom. The van der Waals surface area contributed by atoms with Gasteiger partial charge >= 0.3 is 0 Å². The molecule has 0 saturated carbocycles. The minimum absolute atomic E-state index is 0.00953. The van der Waals surface area contributed by atoms with Crippen LogP contribution in [0.1, 0.15) is 40.0 Å². The molecule has 0 aliphatic rings. The van der Waals surface area contributed by atoms with E-state index in [-0.39, 0.29) is 18.4 Å². The van der Waals surface area contributed by atoms with Crippen molar-refractivity contribution in [1.29, 1.82) is 0 Å². The van der Waals surface area contributed by atoms with Crippen molar-refractivity contribution in [3.63, 3.8) is 0 Å². The van der Waals surface area contributed by atoms with E-state index in [9.17, 15) is 9.90 Å². The van der Waals surface area contributed by atoms with Gasteiger partial charge in [-0.2, -0.15) is 0 Å². The number of aliphatic hydroxyl groups is 1. The van der Waals surface area contributed by atoms with Crippen molar-refractivity contribution in [2.24, 2.45) is 5.92 Å². The molecule has 0 saturated heterocycles. The lowest BCUT2D eigenvalue weighted by atomic mass is 9.93. The zero-order valence-electron chi connectivity index (χ0n) is 10.9. The lowest BCUT2D eigenvalue weighted by Gasteiger charge is -2.31. The summed E-state index contributed by atoms with van der Waals surface area (Å²) in [5.41, 5.74) is -0.454. The maximum Gasteiger partial charge on any atom is 0.220 e. The van der Waals surface area contributed by atoms with Crippen LogP contribution in [0.5, 0.6) is 0 Å². The van der Waals surface area contributed by atoms with Gasteiger partial charge in [-0.25, -0.2) is 0 Å². The molecule has 1 unspecified atom stereocenters. The van der Waals surface area contributed by atoms with Gasteiger partial charge in [0, 0.05) is 20.1 Å². The number of carbonyl (C=O) groups is 1. The fourth-order valence-electron chi connectivity index (χ4n) is 1.70. The summed E-state index contributed by atoms with van der Waals surface area (Å²) in [6.07, 6.45) is 1.92. The van der Waals surface area contributed by atoms with E-state index in [4.69, 9.17) is 4.74 Å². The van der Waals surface area contributed by atoms with Crippen molar-refractivity contribution < 1.29 is 14.6 Å². The molecule has 0 rings (SSSR count). The molecular formula is C12H25NO3. The highest BCUT2D eigenvalue weighted by atomic mass is 16.5. The van der Waals surface area contributed by atoms with Gasteiger partial charge in [-0.3, -0.25) is 4.79 Å². The van der Waals surface area contributed by atoms with Gasteiger partial charge in [-0.15, -0.1) is 0 Å². The number of nitrogens with one attached hydrogen (secondary N) is 1. The predicted octanol–water partition coefficient (Wildman–Crippen LogP) is 1.33. The largest absolute Gasteiger partial charge is 0.394 e. The second kappa shape index (κ2) is 7.63. The van der Waals surface area contributed by atoms with Gasteiger partial charge in [-0.05, 0) is 18.8 Å². The van der Waals surface area contributed by atoms with Gasteiger partial charge in [0.15, 0.2) is 0 Å². The maximum atomic E-state index is 11.7. The van der Waals surface area contributed by atoms with Gasteiger partial charge in [0.2, 0.25) is 5.91 Å². The maximum absolute atomic E-state index is 11.7. The van der Waals surface area contributed by atoms with Gasteiger partial charge in [-0.1, -0.05) is 20.8 Å². The number of hydrogen-bond acceptors (Lipinski definition) is 3. The summed E-state index contributed by atoms with van der Waals surface area (Å²) in [7, 11) is 1.63. The highest BCUT2D eigenvalue weighted by molar-refractivity contribution is 5.77. The van der Waals surface area contributed by atoms with Crippen molar-refractivity contribution in [3.05, 3.63) is 0 Å². The Balaban J connectivity index is 4.20. The first-order valence-electron chi connectivity index (χ1n) is 5.94. The molecule has 0 radical (unpaired) electrons. The molecule has 1 amide bonds. The fourth-order valence-corrected chi connectivity index (χ4v) is 1.70. The van der Waals surface area contributed by atoms with Gasteiger partial charge in [0.05, 0.1) is 12.1 Å². The van der Waals surface area contributed by atoms with Crippen molar-refractivity contribution in [2.75, 3.05) is 20.3 Å². The van der Waals surface area contributed by atoms with Crippen LogP contribution in [0, 0.1) is 5.92 Å². The van der Waals surface area contributed by atoms with E-state index >= 15 is 0 Å². The third-order valence-corrected chi connectivity index (χ3v) is 3.05. The average molecular weight is 231 g/mol. The first-order valence-corrected chi connectivity index (χ1v) is 5.94. The zero-order chi connectivity index (χ0) is 12.6. The van der Waals surface area contributed by atoms with Crippen LogP contribution >= 0.6 is 0 Å². The summed E-state index contributed by atoms with van der Waals surface area (Å²) in [6, 6.07) is 0. The van der Waals surface area contributed by atoms with Crippen LogP contribution in [0.25, 0.3) is 0 Å². The molecule has 0 aliphatic heterocycles. The SMILES string of the molecule is CCC(CC)(CO)NC(=O)CC(C)COC. The number of ether oxygens (including phenoxy) is 1. The van der Waals surface area contributed by atoms with Crippen LogP contribution in [0.15, 0.2) is 0 Å². The van der Waals surface area contributed by atoms with Crippen LogP contribution < -0.4 is 5.32 Å². The average Bonchev–Trinajstić information content (AvgIpc) is 2.26. The molecule has 96 valence electrons. The molecule has 2 N–H and O–H groups in total. The van der Waals surface area contributed by atoms with Crippen LogP contribution in [0.3, 0.4) is 0 Å². The molecule has 0 aromatic heterocycles. The number of rotatable bonds is 8. The molecular weight excluding hydrogens is 206 g/mol. The second-order valence-electron chi connectivity index (χ2n) is 4.46. The second-order valence-corrected chi connectivity index (χ2v) is 4.46. The minimum atomic E-state index is -0.454. The minimum Gasteiger partial charge on any atom is -0.394 e. The molecule has 4 heteroatoms. The Hall–Kier alpha value is -0.610. The van der Waals surface area contributed by atoms with Crippen LogP contribution in [-0.4, -0.2) is 36.9 Å². The van der Waals surface area contributed by atoms with E-state index in [1.807, 2.05) is 20.8 Å². The van der Waals surface area contributed by atoms with E-state index in [2.05, 4.69) is 5.32 Å². The van der Waals surface area contributed by atoms with E-state index in [1.54, 1.807) is 7.11 Å². The molecule has 1 atom stereocenters. The molecule has 0 aromatic rings. The Labute approximate surface area is 98.4 Å². The Bertz CT molecular complexity index is 194. The number of aliphatic hydroxyl groups excluding tert-OH is 1. The molecule has 0 aromatic carbocycles. The number of amides is 1. The summed E-state index contributed by atoms with van der Waals surface area (Å²) in [4.78, 5) is 11.7. The van der Waals surface area contributed by atoms with Gasteiger partial charge in [0.25, 0.3) is 0 Å². The Morgan fingerprint density at radius 1 is 1.44 bits per heavy atom. The molecule has 0 aliphatic carbocycles. The van der Waals surface area contributed by atoms with Crippen LogP contribution in [0.4, 0.5) is 0 Å². The van der Waals surface area contributed by atoms with E-state index in [0.717, 1.165) is 12.8 Å². The standard InChI is InChI=1S/C12H25NO3/c1-5-12(6-2,9-14)13-11(15)7-10(3)8-16-4/h10,14H,5-9H2,1-4H3,(H,13,15). The van der Waals surface area contributed by atoms with E-state index in [0.29, 0.717) is 13.0 Å². The smallest absolute Gasteiger partial charge is 0.220 e. The lowest BCUT2D eigenvalue weighted by Crippen LogP contribution is -2.50. The monoisotopic (exact) mass is 231 g/mol. The fraction of sp³-hybridized carbons (Fsp3) is 0.917. The lowest BCUT2D eigenvalue weighted by molar-refractivity contribution is -0.125. The molecule has 0 bridgehead atoms. The first-order chi connectivity index (χ1) is 7.53. The third-order valence-electron chi connectivity index (χ3n) is 3.05. The summed E-state index contributed by atoms with van der Waals surface area (Å²) >= 11 is 0. The first kappa shape index (κ1) is 15.4. The predicted molar refractivity (Wildman–Crippen MR) is 64.2 cm³/mol. The highest BCUT2D eigenvalue weighted by Gasteiger charge is 2.27. The summed E-state index contributed by atoms with van der Waals surface area (Å²) < 4.78 is 4.98. The summed E-state index contributed by atoms with van der Waals surface area (Å²) in [5, 5.41) is 12.2. The Kier molecular flexibility index (Phi) is 7.34. The van der Waals surface area contributed by atoms with Gasteiger partial charge < -0.3 is 15.2 Å². The molecule has 0 spiro atoms. The highest BCUT2D eigenvalue weighted by Crippen LogP contribution is 2.15. The van der Waals surface area contributed by atoms with Crippen molar-refractivity contribution in [3.8, 4) is 0 Å². The van der Waals surface area contributed by atoms with E-state index < -0.39 is 5.54 Å². The molecule has 0 heterocycles. The molecule has 0 fully saturated rings.